The maximum absolute atomic E-state index is 12.4. The number of amidine groups is 1. The number of anilines is 2. The zero-order valence-electron chi connectivity index (χ0n) is 18.9. The summed E-state index contributed by atoms with van der Waals surface area (Å²) < 4.78 is 5.57. The van der Waals surface area contributed by atoms with Crippen LogP contribution in [0.25, 0.3) is 0 Å². The average Bonchev–Trinajstić information content (AvgIpc) is 2.85. The van der Waals surface area contributed by atoms with Crippen LogP contribution in [0.1, 0.15) is 32.8 Å². The third-order valence-electron chi connectivity index (χ3n) is 5.58. The Bertz CT molecular complexity index is 1160. The number of carbonyl (C=O) groups excluding carboxylic acids is 1. The Morgan fingerprint density at radius 1 is 0.939 bits per heavy atom. The second-order valence-electron chi connectivity index (χ2n) is 8.31. The number of hydrogen-bond acceptors (Lipinski definition) is 5. The quantitative estimate of drug-likeness (QED) is 0.299. The molecule has 3 aromatic rings. The van der Waals surface area contributed by atoms with Crippen LogP contribution in [0.4, 0.5) is 11.4 Å². The maximum Gasteiger partial charge on any atom is 0.316 e. The third-order valence-corrected chi connectivity index (χ3v) is 5.94. The minimum Gasteiger partial charge on any atom is -0.426 e. The van der Waals surface area contributed by atoms with Crippen molar-refractivity contribution in [3.05, 3.63) is 90.5 Å². The highest BCUT2D eigenvalue weighted by Gasteiger charge is 2.29. The topological polar surface area (TPSA) is 57.2 Å². The molecule has 0 bridgehead atoms. The van der Waals surface area contributed by atoms with Gasteiger partial charge < -0.3 is 4.74 Å². The van der Waals surface area contributed by atoms with Crippen molar-refractivity contribution in [3.8, 4) is 5.75 Å². The van der Waals surface area contributed by atoms with E-state index in [1.807, 2.05) is 98.6 Å². The first-order valence-corrected chi connectivity index (χ1v) is 11.2. The summed E-state index contributed by atoms with van der Waals surface area (Å²) in [6.45, 7) is 5.73. The number of para-hydroxylation sites is 2. The Labute approximate surface area is 199 Å². The molecule has 0 spiro atoms. The fourth-order valence-electron chi connectivity index (χ4n) is 3.10. The predicted molar refractivity (Wildman–Crippen MR) is 136 cm³/mol. The van der Waals surface area contributed by atoms with Gasteiger partial charge in [-0.15, -0.1) is 5.10 Å². The Morgan fingerprint density at radius 2 is 1.52 bits per heavy atom. The van der Waals surface area contributed by atoms with Crippen LogP contribution in [0.2, 0.25) is 0 Å². The molecule has 0 aromatic heterocycles. The number of ether oxygens (including phenoxy) is 1. The fraction of sp³-hybridized carbons (Fsp3) is 0.192. The van der Waals surface area contributed by atoms with Gasteiger partial charge in [-0.1, -0.05) is 43.3 Å². The van der Waals surface area contributed by atoms with E-state index in [-0.39, 0.29) is 5.97 Å². The van der Waals surface area contributed by atoms with Crippen molar-refractivity contribution in [3.63, 3.8) is 0 Å². The Hall–Kier alpha value is -3.71. The van der Waals surface area contributed by atoms with Crippen molar-refractivity contribution >= 4 is 40.5 Å². The van der Waals surface area contributed by atoms with Gasteiger partial charge in [0.25, 0.3) is 0 Å². The molecule has 3 aromatic carbocycles. The van der Waals surface area contributed by atoms with Gasteiger partial charge in [0, 0.05) is 5.56 Å². The van der Waals surface area contributed by atoms with E-state index in [1.165, 1.54) is 0 Å². The molecule has 0 amide bonds. The highest BCUT2D eigenvalue weighted by Crippen LogP contribution is 2.26. The molecule has 168 valence electrons. The lowest BCUT2D eigenvalue weighted by Crippen LogP contribution is -2.56. The standard InChI is InChI=1S/C26H26N4O2S/c1-4-26(2,3)24(31)32-22-17-15-19(16-18-22)23-27-29(20-11-7-5-8-12-20)25(33)30(28-23)21-13-9-6-10-14-21/h5-18H,4H2,1-3H3,(H,27,28). The number of hydrazone groups is 1. The van der Waals surface area contributed by atoms with Gasteiger partial charge >= 0.3 is 5.97 Å². The largest absolute Gasteiger partial charge is 0.426 e. The number of benzene rings is 3. The number of nitrogens with one attached hydrogen (secondary N) is 1. The lowest BCUT2D eigenvalue weighted by atomic mass is 9.91. The lowest BCUT2D eigenvalue weighted by Gasteiger charge is -2.36. The van der Waals surface area contributed by atoms with E-state index in [0.29, 0.717) is 23.1 Å². The van der Waals surface area contributed by atoms with Crippen molar-refractivity contribution in [2.75, 3.05) is 10.0 Å². The second kappa shape index (κ2) is 9.42. The Morgan fingerprint density at radius 3 is 2.09 bits per heavy atom. The van der Waals surface area contributed by atoms with Crippen LogP contribution in [0, 0.1) is 5.41 Å². The van der Waals surface area contributed by atoms with Crippen LogP contribution in [0.5, 0.6) is 5.75 Å². The number of carbonyl (C=O) groups is 1. The molecular formula is C26H26N4O2S. The van der Waals surface area contributed by atoms with Gasteiger partial charge in [-0.25, -0.2) is 10.0 Å². The molecule has 0 saturated heterocycles. The normalized spacial score (nSPS) is 13.9. The van der Waals surface area contributed by atoms with Crippen molar-refractivity contribution in [2.45, 2.75) is 27.2 Å². The van der Waals surface area contributed by atoms with E-state index in [2.05, 4.69) is 5.43 Å². The summed E-state index contributed by atoms with van der Waals surface area (Å²) >= 11 is 5.75. The minimum absolute atomic E-state index is 0.248. The first-order valence-electron chi connectivity index (χ1n) is 10.8. The molecule has 1 aliphatic heterocycles. The average molecular weight is 459 g/mol. The highest BCUT2D eigenvalue weighted by atomic mass is 32.1. The summed E-state index contributed by atoms with van der Waals surface area (Å²) in [5, 5.41) is 8.82. The van der Waals surface area contributed by atoms with E-state index in [0.717, 1.165) is 16.9 Å². The zero-order valence-corrected chi connectivity index (χ0v) is 19.7. The summed E-state index contributed by atoms with van der Waals surface area (Å²) in [6, 6.07) is 26.9. The summed E-state index contributed by atoms with van der Waals surface area (Å²) in [5.41, 5.74) is 5.37. The van der Waals surface area contributed by atoms with E-state index < -0.39 is 5.41 Å². The Balaban J connectivity index is 1.65. The van der Waals surface area contributed by atoms with Crippen molar-refractivity contribution in [1.82, 2.24) is 5.43 Å². The number of hydrogen-bond donors (Lipinski definition) is 1. The number of esters is 1. The molecule has 6 nitrogen and oxygen atoms in total. The first-order chi connectivity index (χ1) is 15.9. The van der Waals surface area contributed by atoms with Gasteiger partial charge in [-0.3, -0.25) is 10.2 Å². The Kier molecular flexibility index (Phi) is 6.42. The van der Waals surface area contributed by atoms with Crippen LogP contribution in [-0.4, -0.2) is 16.9 Å². The number of rotatable bonds is 6. The van der Waals surface area contributed by atoms with E-state index in [9.17, 15) is 4.79 Å². The lowest BCUT2D eigenvalue weighted by molar-refractivity contribution is -0.144. The molecule has 0 aliphatic carbocycles. The second-order valence-corrected chi connectivity index (χ2v) is 8.68. The third kappa shape index (κ3) is 4.88. The zero-order chi connectivity index (χ0) is 23.4. The minimum atomic E-state index is -0.532. The molecule has 33 heavy (non-hydrogen) atoms. The molecule has 0 saturated carbocycles. The smallest absolute Gasteiger partial charge is 0.316 e. The molecular weight excluding hydrogens is 432 g/mol. The predicted octanol–water partition coefficient (Wildman–Crippen LogP) is 5.51. The van der Waals surface area contributed by atoms with Crippen LogP contribution < -0.4 is 20.2 Å². The van der Waals surface area contributed by atoms with Gasteiger partial charge in [0.1, 0.15) is 5.75 Å². The van der Waals surface area contributed by atoms with Crippen LogP contribution in [0.15, 0.2) is 90.0 Å². The molecule has 0 unspecified atom stereocenters. The number of hydrazine groups is 1. The molecule has 1 aliphatic rings. The van der Waals surface area contributed by atoms with Crippen molar-refractivity contribution < 1.29 is 9.53 Å². The summed E-state index contributed by atoms with van der Waals surface area (Å²) in [6.07, 6.45) is 0.704. The summed E-state index contributed by atoms with van der Waals surface area (Å²) in [5.74, 6) is 0.863. The number of nitrogens with zero attached hydrogens (tertiary/aromatic N) is 3. The molecule has 0 atom stereocenters. The fourth-order valence-corrected chi connectivity index (χ4v) is 3.39. The molecule has 0 fully saturated rings. The molecule has 0 radical (unpaired) electrons. The highest BCUT2D eigenvalue weighted by molar-refractivity contribution is 7.80. The first kappa shape index (κ1) is 22.5. The summed E-state index contributed by atoms with van der Waals surface area (Å²) in [4.78, 5) is 12.4. The van der Waals surface area contributed by atoms with Gasteiger partial charge in [-0.2, -0.15) is 0 Å². The molecule has 1 heterocycles. The van der Waals surface area contributed by atoms with Gasteiger partial charge in [0.15, 0.2) is 5.84 Å². The van der Waals surface area contributed by atoms with Crippen molar-refractivity contribution in [2.24, 2.45) is 10.5 Å². The number of thiocarbonyl (C=S) groups is 1. The van der Waals surface area contributed by atoms with Crippen LogP contribution >= 0.6 is 12.2 Å². The van der Waals surface area contributed by atoms with Gasteiger partial charge in [0.05, 0.1) is 16.8 Å². The van der Waals surface area contributed by atoms with E-state index in [1.54, 1.807) is 17.1 Å². The van der Waals surface area contributed by atoms with Crippen molar-refractivity contribution in [1.29, 1.82) is 0 Å². The van der Waals surface area contributed by atoms with E-state index >= 15 is 0 Å². The SMILES string of the molecule is CCC(C)(C)C(=O)Oc1ccc(C2=NN(c3ccccc3)C(=S)N(c3ccccc3)N2)cc1. The molecule has 7 heteroatoms. The maximum atomic E-state index is 12.4. The monoisotopic (exact) mass is 458 g/mol. The van der Waals surface area contributed by atoms with Gasteiger partial charge in [0.2, 0.25) is 5.11 Å². The summed E-state index contributed by atoms with van der Waals surface area (Å²) in [7, 11) is 0. The van der Waals surface area contributed by atoms with Crippen LogP contribution in [0.3, 0.4) is 0 Å². The van der Waals surface area contributed by atoms with Crippen LogP contribution in [-0.2, 0) is 4.79 Å². The van der Waals surface area contributed by atoms with Gasteiger partial charge in [-0.05, 0) is 81.0 Å². The molecule has 4 rings (SSSR count). The molecule has 1 N–H and O–H groups in total. The van der Waals surface area contributed by atoms with E-state index in [4.69, 9.17) is 22.1 Å².